The summed E-state index contributed by atoms with van der Waals surface area (Å²) in [4.78, 5) is 29.7. The van der Waals surface area contributed by atoms with Crippen molar-refractivity contribution in [3.8, 4) is 17.1 Å². The molecule has 2 aliphatic heterocycles. The van der Waals surface area contributed by atoms with Crippen molar-refractivity contribution in [1.29, 1.82) is 0 Å². The molecule has 2 aliphatic rings. The van der Waals surface area contributed by atoms with Gasteiger partial charge in [-0.05, 0) is 95.1 Å². The predicted molar refractivity (Wildman–Crippen MR) is 159 cm³/mol. The molecular formula is C32H39N7O3. The molecule has 6 rings (SSSR count). The molecule has 1 unspecified atom stereocenters. The number of piperidine rings is 2. The van der Waals surface area contributed by atoms with Crippen LogP contribution in [0.1, 0.15) is 75.7 Å². The van der Waals surface area contributed by atoms with E-state index < -0.39 is 11.1 Å². The Labute approximate surface area is 246 Å². The van der Waals surface area contributed by atoms with Gasteiger partial charge in [-0.2, -0.15) is 0 Å². The van der Waals surface area contributed by atoms with Crippen LogP contribution in [0.25, 0.3) is 16.9 Å². The summed E-state index contributed by atoms with van der Waals surface area (Å²) in [5.41, 5.74) is 2.90. The molecule has 10 nitrogen and oxygen atoms in total. The fourth-order valence-electron chi connectivity index (χ4n) is 6.23. The Bertz CT molecular complexity index is 1540. The number of ether oxygens (including phenoxy) is 2. The Morgan fingerprint density at radius 1 is 1.05 bits per heavy atom. The molecule has 220 valence electrons. The summed E-state index contributed by atoms with van der Waals surface area (Å²) in [5.74, 6) is 1.54. The van der Waals surface area contributed by atoms with Gasteiger partial charge in [0, 0.05) is 18.3 Å². The lowest BCUT2D eigenvalue weighted by atomic mass is 9.78. The number of fused-ring (bicyclic) bond motifs is 1. The maximum absolute atomic E-state index is 13.9. The largest absolute Gasteiger partial charge is 0.480 e. The minimum atomic E-state index is -0.887. The number of rotatable bonds is 5. The Kier molecular flexibility index (Phi) is 7.57. The van der Waals surface area contributed by atoms with E-state index in [-0.39, 0.29) is 6.09 Å². The van der Waals surface area contributed by atoms with Crippen molar-refractivity contribution in [2.24, 2.45) is 0 Å². The maximum atomic E-state index is 13.9. The lowest BCUT2D eigenvalue weighted by Gasteiger charge is -2.45. The minimum absolute atomic E-state index is 0.357. The van der Waals surface area contributed by atoms with Crippen molar-refractivity contribution < 1.29 is 14.3 Å². The molecule has 5 heterocycles. The number of methoxy groups -OCH3 is 1. The number of pyridine rings is 1. The number of nitrogens with one attached hydrogen (secondary N) is 1. The van der Waals surface area contributed by atoms with Crippen LogP contribution in [0.15, 0.2) is 55.0 Å². The van der Waals surface area contributed by atoms with E-state index in [9.17, 15) is 4.79 Å². The summed E-state index contributed by atoms with van der Waals surface area (Å²) in [5, 5.41) is 8.48. The molecule has 0 saturated carbocycles. The highest BCUT2D eigenvalue weighted by atomic mass is 16.6. The zero-order chi connectivity index (χ0) is 29.3. The first kappa shape index (κ1) is 28.1. The standard InChI is InChI=1S/C32H39N7O3/c1-31(2,3)42-30(40)38-18-6-5-15-32(38,24-11-9-22(10-12-24)23-13-16-33-17-14-23)29-36-28-25(8-7-19-39(28)37-29)26-20-35-27(41-4)21-34-26/h7-12,19-21,23,33H,5-6,13-18H2,1-4H3. The van der Waals surface area contributed by atoms with Crippen LogP contribution in [0.3, 0.4) is 0 Å². The Morgan fingerprint density at radius 3 is 2.52 bits per heavy atom. The van der Waals surface area contributed by atoms with Gasteiger partial charge in [0.1, 0.15) is 11.1 Å². The average Bonchev–Trinajstić information content (AvgIpc) is 3.46. The molecule has 1 amide bonds. The molecule has 10 heteroatoms. The van der Waals surface area contributed by atoms with E-state index in [0.717, 1.165) is 49.9 Å². The van der Waals surface area contributed by atoms with Crippen LogP contribution in [0.4, 0.5) is 4.79 Å². The van der Waals surface area contributed by atoms with Gasteiger partial charge in [0.15, 0.2) is 11.5 Å². The third kappa shape index (κ3) is 5.31. The molecule has 3 aromatic heterocycles. The molecule has 0 aliphatic carbocycles. The summed E-state index contributed by atoms with van der Waals surface area (Å²) in [6.07, 6.45) is 9.53. The van der Waals surface area contributed by atoms with Crippen LogP contribution in [-0.4, -0.2) is 67.9 Å². The molecule has 1 aromatic carbocycles. The van der Waals surface area contributed by atoms with Crippen LogP contribution in [0.2, 0.25) is 0 Å². The fraction of sp³-hybridized carbons (Fsp3) is 0.469. The van der Waals surface area contributed by atoms with E-state index in [1.165, 1.54) is 5.56 Å². The SMILES string of the molecule is COc1cnc(-c2cccn3nc(C4(c5ccc(C6CCNCC6)cc5)CCCCN4C(=O)OC(C)(C)C)nc23)cn1. The van der Waals surface area contributed by atoms with Gasteiger partial charge >= 0.3 is 6.09 Å². The smallest absolute Gasteiger partial charge is 0.411 e. The first-order valence-electron chi connectivity index (χ1n) is 14.8. The van der Waals surface area contributed by atoms with Gasteiger partial charge in [0.05, 0.1) is 25.2 Å². The van der Waals surface area contributed by atoms with E-state index in [0.29, 0.717) is 41.9 Å². The number of hydrogen-bond donors (Lipinski definition) is 1. The van der Waals surface area contributed by atoms with Gasteiger partial charge in [-0.25, -0.2) is 24.3 Å². The molecule has 2 fully saturated rings. The van der Waals surface area contributed by atoms with Crippen molar-refractivity contribution in [3.63, 3.8) is 0 Å². The van der Waals surface area contributed by atoms with E-state index in [1.54, 1.807) is 24.0 Å². The number of hydrogen-bond acceptors (Lipinski definition) is 8. The molecular weight excluding hydrogens is 530 g/mol. The predicted octanol–water partition coefficient (Wildman–Crippen LogP) is 5.33. The van der Waals surface area contributed by atoms with Crippen LogP contribution >= 0.6 is 0 Å². The number of nitrogens with zero attached hydrogens (tertiary/aromatic N) is 6. The maximum Gasteiger partial charge on any atom is 0.411 e. The monoisotopic (exact) mass is 569 g/mol. The van der Waals surface area contributed by atoms with E-state index in [2.05, 4.69) is 39.6 Å². The molecule has 0 bridgehead atoms. The van der Waals surface area contributed by atoms with Crippen molar-refractivity contribution in [2.75, 3.05) is 26.7 Å². The number of amides is 1. The zero-order valence-electron chi connectivity index (χ0n) is 24.8. The van der Waals surface area contributed by atoms with Gasteiger partial charge in [-0.3, -0.25) is 4.90 Å². The molecule has 4 aromatic rings. The van der Waals surface area contributed by atoms with Gasteiger partial charge in [0.25, 0.3) is 0 Å². The van der Waals surface area contributed by atoms with E-state index in [1.807, 2.05) is 44.0 Å². The molecule has 1 atom stereocenters. The first-order valence-corrected chi connectivity index (χ1v) is 14.8. The number of likely N-dealkylation sites (tertiary alicyclic amines) is 1. The molecule has 0 spiro atoms. The molecule has 42 heavy (non-hydrogen) atoms. The van der Waals surface area contributed by atoms with Crippen molar-refractivity contribution in [2.45, 2.75) is 69.9 Å². The van der Waals surface area contributed by atoms with Crippen LogP contribution in [0.5, 0.6) is 5.88 Å². The third-order valence-electron chi connectivity index (χ3n) is 8.29. The van der Waals surface area contributed by atoms with Crippen molar-refractivity contribution in [1.82, 2.24) is 34.8 Å². The Balaban J connectivity index is 1.49. The summed E-state index contributed by atoms with van der Waals surface area (Å²) >= 11 is 0. The number of aromatic nitrogens is 5. The average molecular weight is 570 g/mol. The van der Waals surface area contributed by atoms with Gasteiger partial charge < -0.3 is 14.8 Å². The molecule has 1 N–H and O–H groups in total. The lowest BCUT2D eigenvalue weighted by Crippen LogP contribution is -2.55. The lowest BCUT2D eigenvalue weighted by molar-refractivity contribution is -0.00897. The minimum Gasteiger partial charge on any atom is -0.480 e. The Hall–Kier alpha value is -4.05. The molecule has 0 radical (unpaired) electrons. The number of benzene rings is 1. The second-order valence-corrected chi connectivity index (χ2v) is 12.2. The van der Waals surface area contributed by atoms with Crippen LogP contribution in [-0.2, 0) is 10.3 Å². The quantitative estimate of drug-likeness (QED) is 0.344. The van der Waals surface area contributed by atoms with Crippen molar-refractivity contribution in [3.05, 3.63) is 71.9 Å². The summed E-state index contributed by atoms with van der Waals surface area (Å²) in [6, 6.07) is 12.7. The topological polar surface area (TPSA) is 107 Å². The van der Waals surface area contributed by atoms with Crippen molar-refractivity contribution >= 4 is 11.7 Å². The number of carbonyl (C=O) groups is 1. The Morgan fingerprint density at radius 2 is 1.83 bits per heavy atom. The zero-order valence-corrected chi connectivity index (χ0v) is 24.8. The second kappa shape index (κ2) is 11.3. The normalized spacial score (nSPS) is 20.0. The summed E-state index contributed by atoms with van der Waals surface area (Å²) in [7, 11) is 1.56. The summed E-state index contributed by atoms with van der Waals surface area (Å²) < 4.78 is 12.9. The van der Waals surface area contributed by atoms with Gasteiger partial charge in [0.2, 0.25) is 5.88 Å². The highest BCUT2D eigenvalue weighted by molar-refractivity contribution is 5.75. The van der Waals surface area contributed by atoms with Crippen LogP contribution in [0, 0.1) is 0 Å². The van der Waals surface area contributed by atoms with E-state index in [4.69, 9.17) is 19.6 Å². The second-order valence-electron chi connectivity index (χ2n) is 12.2. The van der Waals surface area contributed by atoms with E-state index >= 15 is 0 Å². The van der Waals surface area contributed by atoms with Gasteiger partial charge in [-0.15, -0.1) is 5.10 Å². The number of carbonyl (C=O) groups excluding carboxylic acids is 1. The summed E-state index contributed by atoms with van der Waals surface area (Å²) in [6.45, 7) is 8.32. The van der Waals surface area contributed by atoms with Gasteiger partial charge in [-0.1, -0.05) is 24.3 Å². The first-order chi connectivity index (χ1) is 20.3. The highest BCUT2D eigenvalue weighted by Crippen LogP contribution is 2.44. The van der Waals surface area contributed by atoms with Crippen LogP contribution < -0.4 is 10.1 Å². The highest BCUT2D eigenvalue weighted by Gasteiger charge is 2.49. The third-order valence-corrected chi connectivity index (χ3v) is 8.29. The fourth-order valence-corrected chi connectivity index (χ4v) is 6.23. The molecule has 2 saturated heterocycles.